The quantitative estimate of drug-likeness (QED) is 0.0179. The first-order valence-electron chi connectivity index (χ1n) is 19.8. The van der Waals surface area contributed by atoms with Gasteiger partial charge in [-0.25, -0.2) is 4.57 Å². The monoisotopic (exact) mass is 759 g/mol. The Morgan fingerprint density at radius 1 is 0.635 bits per heavy atom. The summed E-state index contributed by atoms with van der Waals surface area (Å²) < 4.78 is 32.5. The van der Waals surface area contributed by atoms with Crippen LogP contribution in [0.4, 0.5) is 0 Å². The Bertz CT molecular complexity index is 1050. The van der Waals surface area contributed by atoms with E-state index in [1.165, 1.54) is 64.2 Å². The van der Waals surface area contributed by atoms with E-state index in [4.69, 9.17) is 24.8 Å². The number of carbonyl (C=O) groups is 4. The Labute approximate surface area is 313 Å². The van der Waals surface area contributed by atoms with Gasteiger partial charge in [-0.3, -0.25) is 28.2 Å². The lowest BCUT2D eigenvalue weighted by molar-refractivity contribution is -0.161. The van der Waals surface area contributed by atoms with Crippen molar-refractivity contribution in [3.8, 4) is 0 Å². The number of hydrogen-bond acceptors (Lipinski definition) is 10. The number of rotatable bonds is 37. The van der Waals surface area contributed by atoms with E-state index in [0.29, 0.717) is 19.3 Å². The molecule has 0 radical (unpaired) electrons. The second kappa shape index (κ2) is 34.4. The number of aliphatic carboxylic acids is 1. The Morgan fingerprint density at radius 3 is 1.67 bits per heavy atom. The number of phosphoric ester groups is 1. The maximum absolute atomic E-state index is 12.6. The summed E-state index contributed by atoms with van der Waals surface area (Å²) in [6.45, 7) is 2.61. The van der Waals surface area contributed by atoms with Crippen LogP contribution in [0.1, 0.15) is 168 Å². The molecule has 0 aliphatic carbocycles. The van der Waals surface area contributed by atoms with Crippen LogP contribution in [0.25, 0.3) is 0 Å². The highest BCUT2D eigenvalue weighted by atomic mass is 31.2. The van der Waals surface area contributed by atoms with Gasteiger partial charge in [0.2, 0.25) is 0 Å². The molecule has 0 fully saturated rings. The normalized spacial score (nSPS) is 14.0. The van der Waals surface area contributed by atoms with Gasteiger partial charge in [-0.05, 0) is 38.2 Å². The van der Waals surface area contributed by atoms with E-state index >= 15 is 0 Å². The number of carbonyl (C=O) groups excluding carboxylic acids is 3. The fourth-order valence-electron chi connectivity index (χ4n) is 5.22. The summed E-state index contributed by atoms with van der Waals surface area (Å²) in [5.41, 5.74) is 5.31. The average Bonchev–Trinajstić information content (AvgIpc) is 3.11. The number of carboxylic acids is 1. The Morgan fingerprint density at radius 2 is 1.12 bits per heavy atom. The minimum absolute atomic E-state index is 0.0797. The third-order valence-corrected chi connectivity index (χ3v) is 9.38. The van der Waals surface area contributed by atoms with Crippen LogP contribution in [-0.2, 0) is 42.3 Å². The van der Waals surface area contributed by atoms with Gasteiger partial charge in [0.1, 0.15) is 12.6 Å². The van der Waals surface area contributed by atoms with Crippen molar-refractivity contribution in [2.24, 2.45) is 5.73 Å². The van der Waals surface area contributed by atoms with Crippen molar-refractivity contribution in [2.45, 2.75) is 180 Å². The highest BCUT2D eigenvalue weighted by molar-refractivity contribution is 7.47. The maximum Gasteiger partial charge on any atom is 0.472 e. The minimum atomic E-state index is -4.74. The molecule has 0 bridgehead atoms. The minimum Gasteiger partial charge on any atom is -0.480 e. The van der Waals surface area contributed by atoms with Crippen molar-refractivity contribution in [1.82, 2.24) is 0 Å². The summed E-state index contributed by atoms with van der Waals surface area (Å²) >= 11 is 0. The molecule has 4 N–H and O–H groups in total. The Hall–Kier alpha value is -2.37. The Kier molecular flexibility index (Phi) is 32.8. The maximum atomic E-state index is 12.6. The number of allylic oxidation sites excluding steroid dienone is 4. The summed E-state index contributed by atoms with van der Waals surface area (Å²) in [6.07, 6.45) is 29.3. The topological polar surface area (TPSA) is 189 Å². The van der Waals surface area contributed by atoms with Gasteiger partial charge < -0.3 is 25.2 Å². The largest absolute Gasteiger partial charge is 0.480 e. The zero-order chi connectivity index (χ0) is 38.7. The molecule has 0 aromatic heterocycles. The van der Waals surface area contributed by atoms with Gasteiger partial charge in [-0.1, -0.05) is 135 Å². The zero-order valence-corrected chi connectivity index (χ0v) is 33.0. The van der Waals surface area contributed by atoms with Crippen LogP contribution in [0.3, 0.4) is 0 Å². The molecule has 0 aromatic rings. The third kappa shape index (κ3) is 33.5. The summed E-state index contributed by atoms with van der Waals surface area (Å²) in [7, 11) is -4.74. The number of hydrogen-bond donors (Lipinski definition) is 3. The molecule has 0 aliphatic rings. The molecule has 13 heteroatoms. The van der Waals surface area contributed by atoms with Crippen LogP contribution in [0.5, 0.6) is 0 Å². The van der Waals surface area contributed by atoms with Crippen LogP contribution in [0.2, 0.25) is 0 Å². The fraction of sp³-hybridized carbons (Fsp3) is 0.795. The third-order valence-electron chi connectivity index (χ3n) is 8.43. The van der Waals surface area contributed by atoms with Gasteiger partial charge in [0.15, 0.2) is 11.9 Å². The summed E-state index contributed by atoms with van der Waals surface area (Å²) in [4.78, 5) is 57.8. The van der Waals surface area contributed by atoms with Crippen molar-refractivity contribution in [3.05, 3.63) is 24.3 Å². The number of phosphoric acid groups is 1. The summed E-state index contributed by atoms with van der Waals surface area (Å²) in [5, 5.41) is 8.86. The number of nitrogens with two attached hydrogens (primary N) is 1. The van der Waals surface area contributed by atoms with Crippen molar-refractivity contribution < 1.29 is 52.3 Å². The molecule has 0 heterocycles. The zero-order valence-electron chi connectivity index (χ0n) is 32.1. The molecule has 0 rings (SSSR count). The number of ether oxygens (including phenoxy) is 2. The lowest BCUT2D eigenvalue weighted by Gasteiger charge is -2.20. The second-order valence-electron chi connectivity index (χ2n) is 13.5. The molecule has 52 heavy (non-hydrogen) atoms. The predicted molar refractivity (Wildman–Crippen MR) is 204 cm³/mol. The van der Waals surface area contributed by atoms with Crippen LogP contribution in [0, 0.1) is 0 Å². The van der Waals surface area contributed by atoms with E-state index < -0.39 is 51.1 Å². The van der Waals surface area contributed by atoms with Gasteiger partial charge in [-0.2, -0.15) is 0 Å². The van der Waals surface area contributed by atoms with Gasteiger partial charge in [0.25, 0.3) is 0 Å². The molecule has 0 aliphatic heterocycles. The van der Waals surface area contributed by atoms with Crippen molar-refractivity contribution in [3.63, 3.8) is 0 Å². The Balaban J connectivity index is 4.51. The van der Waals surface area contributed by atoms with E-state index in [1.54, 1.807) is 12.2 Å². The number of unbranched alkanes of at least 4 members (excludes halogenated alkanes) is 18. The smallest absolute Gasteiger partial charge is 0.472 e. The molecule has 0 aromatic carbocycles. The SMILES string of the molecule is CCCCC/C=C\C=C\C(=O)CCCCCCCC(=O)O[C@H](COC(=O)CCCCCCCCCCCCCC)COP(=O)(O)OC[C@H](N)C(=O)O. The summed E-state index contributed by atoms with van der Waals surface area (Å²) in [5.74, 6) is -2.39. The van der Waals surface area contributed by atoms with E-state index in [0.717, 1.165) is 57.8 Å². The highest BCUT2D eigenvalue weighted by Gasteiger charge is 2.28. The van der Waals surface area contributed by atoms with Gasteiger partial charge >= 0.3 is 25.7 Å². The molecule has 1 unspecified atom stereocenters. The van der Waals surface area contributed by atoms with E-state index in [1.807, 2.05) is 6.08 Å². The molecular formula is C39H70NO11P. The van der Waals surface area contributed by atoms with Crippen molar-refractivity contribution in [1.29, 1.82) is 0 Å². The van der Waals surface area contributed by atoms with Crippen LogP contribution in [0.15, 0.2) is 24.3 Å². The first-order valence-corrected chi connectivity index (χ1v) is 21.3. The standard InChI is InChI=1S/C39H70NO11P/c1-3-5-7-9-11-12-13-14-15-17-21-25-29-37(42)48-31-35(32-49-52(46,47)50-33-36(40)39(44)45)51-38(43)30-26-22-18-20-24-28-34(41)27-23-19-16-10-8-6-4-2/h16,19,23,27,35-36H,3-15,17-18,20-22,24-26,28-33,40H2,1-2H3,(H,44,45)(H,46,47)/b19-16-,27-23+/t35-,36+/m1/s1. The first kappa shape index (κ1) is 49.6. The predicted octanol–water partition coefficient (Wildman–Crippen LogP) is 9.07. The highest BCUT2D eigenvalue weighted by Crippen LogP contribution is 2.43. The molecule has 3 atom stereocenters. The van der Waals surface area contributed by atoms with Crippen molar-refractivity contribution in [2.75, 3.05) is 19.8 Å². The van der Waals surface area contributed by atoms with Crippen molar-refractivity contribution >= 4 is 31.5 Å². The average molecular weight is 760 g/mol. The van der Waals surface area contributed by atoms with Crippen LogP contribution < -0.4 is 5.73 Å². The molecule has 0 spiro atoms. The van der Waals surface area contributed by atoms with Gasteiger partial charge in [-0.15, -0.1) is 0 Å². The van der Waals surface area contributed by atoms with Crippen LogP contribution >= 0.6 is 7.82 Å². The molecule has 302 valence electrons. The van der Waals surface area contributed by atoms with Gasteiger partial charge in [0, 0.05) is 19.3 Å². The molecule has 0 saturated carbocycles. The van der Waals surface area contributed by atoms with Gasteiger partial charge in [0.05, 0.1) is 13.2 Å². The number of carboxylic acid groups (broad SMARTS) is 1. The van der Waals surface area contributed by atoms with E-state index in [9.17, 15) is 28.6 Å². The molecule has 0 saturated heterocycles. The van der Waals surface area contributed by atoms with E-state index in [-0.39, 0.29) is 25.2 Å². The lowest BCUT2D eigenvalue weighted by Crippen LogP contribution is -2.34. The molecule has 12 nitrogen and oxygen atoms in total. The van der Waals surface area contributed by atoms with Crippen LogP contribution in [-0.4, -0.2) is 65.7 Å². The number of ketones is 1. The second-order valence-corrected chi connectivity index (χ2v) is 14.9. The number of esters is 2. The fourth-order valence-corrected chi connectivity index (χ4v) is 6.00. The molecular weight excluding hydrogens is 689 g/mol. The molecule has 0 amide bonds. The summed E-state index contributed by atoms with van der Waals surface area (Å²) in [6, 6.07) is -1.54. The lowest BCUT2D eigenvalue weighted by atomic mass is 10.0. The first-order chi connectivity index (χ1) is 25.0. The van der Waals surface area contributed by atoms with E-state index in [2.05, 4.69) is 24.4 Å².